The van der Waals surface area contributed by atoms with Crippen LogP contribution in [0.25, 0.3) is 11.0 Å². The molecule has 3 heterocycles. The minimum absolute atomic E-state index is 0.0739. The first kappa shape index (κ1) is 21.5. The first-order valence-electron chi connectivity index (χ1n) is 10.7. The number of nitrogens with one attached hydrogen (secondary N) is 2. The number of carbonyl (C=O) groups is 1. The Balaban J connectivity index is 1.63. The molecule has 166 valence electrons. The molecule has 9 heteroatoms. The molecule has 1 amide bonds. The summed E-state index contributed by atoms with van der Waals surface area (Å²) in [4.78, 5) is 21.4. The molecule has 0 spiro atoms. The summed E-state index contributed by atoms with van der Waals surface area (Å²) in [5.74, 6) is 0.922. The third-order valence-electron chi connectivity index (χ3n) is 6.31. The lowest BCUT2D eigenvalue weighted by Crippen LogP contribution is -2.34. The van der Waals surface area contributed by atoms with Gasteiger partial charge in [-0.05, 0) is 38.3 Å². The first-order chi connectivity index (χ1) is 14.7. The Hall–Kier alpha value is -2.68. The number of imidazole rings is 1. The van der Waals surface area contributed by atoms with E-state index in [1.54, 1.807) is 11.6 Å². The molecule has 1 aromatic carbocycles. The number of fused-ring (bicyclic) bond motifs is 1. The van der Waals surface area contributed by atoms with Gasteiger partial charge in [0.1, 0.15) is 5.82 Å². The standard InChI is InChI=1S/C22H29N5O3S/c1-5-13(2)20(21-23-17-8-6-7-9-18(17)24-21)25-22(28)19-14(3)26-27(15(19)4)16-10-11-31(29,30)12-16/h6-9,13,16,20H,5,10-12H2,1-4H3,(H,23,24)(H,25,28)/t13-,16-,20-/m0/s1. The largest absolute Gasteiger partial charge is 0.342 e. The van der Waals surface area contributed by atoms with Crippen molar-refractivity contribution in [3.05, 3.63) is 47.0 Å². The van der Waals surface area contributed by atoms with Crippen LogP contribution in [0, 0.1) is 19.8 Å². The van der Waals surface area contributed by atoms with E-state index < -0.39 is 9.84 Å². The first-order valence-corrected chi connectivity index (χ1v) is 12.5. The summed E-state index contributed by atoms with van der Waals surface area (Å²) >= 11 is 0. The summed E-state index contributed by atoms with van der Waals surface area (Å²) in [6.45, 7) is 7.80. The summed E-state index contributed by atoms with van der Waals surface area (Å²) < 4.78 is 25.5. The van der Waals surface area contributed by atoms with E-state index in [1.807, 2.05) is 31.2 Å². The van der Waals surface area contributed by atoms with Gasteiger partial charge in [0.2, 0.25) is 0 Å². The van der Waals surface area contributed by atoms with Gasteiger partial charge in [-0.3, -0.25) is 9.48 Å². The van der Waals surface area contributed by atoms with Gasteiger partial charge in [0.15, 0.2) is 9.84 Å². The van der Waals surface area contributed by atoms with Gasteiger partial charge in [-0.1, -0.05) is 32.4 Å². The molecular weight excluding hydrogens is 414 g/mol. The number of benzene rings is 1. The lowest BCUT2D eigenvalue weighted by atomic mass is 9.98. The number of sulfone groups is 1. The van der Waals surface area contributed by atoms with Crippen molar-refractivity contribution in [2.24, 2.45) is 5.92 Å². The smallest absolute Gasteiger partial charge is 0.255 e. The molecule has 8 nitrogen and oxygen atoms in total. The number of aromatic amines is 1. The Bertz CT molecular complexity index is 1190. The van der Waals surface area contributed by atoms with Crippen LogP contribution in [0.3, 0.4) is 0 Å². The quantitative estimate of drug-likeness (QED) is 0.608. The molecule has 0 aliphatic carbocycles. The molecule has 0 radical (unpaired) electrons. The minimum atomic E-state index is -3.04. The van der Waals surface area contributed by atoms with Gasteiger partial charge in [0.25, 0.3) is 5.91 Å². The number of nitrogens with zero attached hydrogens (tertiary/aromatic N) is 3. The number of H-pyrrole nitrogens is 1. The van der Waals surface area contributed by atoms with Gasteiger partial charge >= 0.3 is 0 Å². The topological polar surface area (TPSA) is 110 Å². The number of hydrogen-bond acceptors (Lipinski definition) is 5. The molecular formula is C22H29N5O3S. The number of carbonyl (C=O) groups excluding carboxylic acids is 1. The minimum Gasteiger partial charge on any atom is -0.342 e. The molecule has 3 atom stereocenters. The van der Waals surface area contributed by atoms with Crippen LogP contribution in [0.1, 0.15) is 66.3 Å². The van der Waals surface area contributed by atoms with Crippen LogP contribution < -0.4 is 5.32 Å². The molecule has 0 bridgehead atoms. The van der Waals surface area contributed by atoms with Crippen molar-refractivity contribution in [2.75, 3.05) is 11.5 Å². The zero-order valence-electron chi connectivity index (χ0n) is 18.3. The SMILES string of the molecule is CC[C@H](C)[C@H](NC(=O)c1c(C)nn([C@H]2CCS(=O)(=O)C2)c1C)c1nc2ccccc2[nH]1. The van der Waals surface area contributed by atoms with Crippen LogP contribution in [0.15, 0.2) is 24.3 Å². The van der Waals surface area contributed by atoms with E-state index in [2.05, 4.69) is 29.2 Å². The zero-order valence-corrected chi connectivity index (χ0v) is 19.2. The molecule has 0 unspecified atom stereocenters. The predicted molar refractivity (Wildman–Crippen MR) is 120 cm³/mol. The van der Waals surface area contributed by atoms with Crippen molar-refractivity contribution in [2.45, 2.75) is 52.6 Å². The summed E-state index contributed by atoms with van der Waals surface area (Å²) in [6, 6.07) is 7.30. The van der Waals surface area contributed by atoms with Crippen molar-refractivity contribution in [1.82, 2.24) is 25.1 Å². The average Bonchev–Trinajstić information content (AvgIpc) is 3.39. The van der Waals surface area contributed by atoms with Crippen molar-refractivity contribution in [3.63, 3.8) is 0 Å². The second-order valence-corrected chi connectivity index (χ2v) is 10.8. The van der Waals surface area contributed by atoms with Crippen molar-refractivity contribution in [3.8, 4) is 0 Å². The molecule has 3 aromatic rings. The molecule has 31 heavy (non-hydrogen) atoms. The van der Waals surface area contributed by atoms with Crippen LogP contribution >= 0.6 is 0 Å². The lowest BCUT2D eigenvalue weighted by Gasteiger charge is -2.22. The number of aromatic nitrogens is 4. The lowest BCUT2D eigenvalue weighted by molar-refractivity contribution is 0.0919. The van der Waals surface area contributed by atoms with E-state index in [0.29, 0.717) is 23.4 Å². The zero-order chi connectivity index (χ0) is 22.3. The maximum absolute atomic E-state index is 13.3. The molecule has 1 fully saturated rings. The fourth-order valence-corrected chi connectivity index (χ4v) is 6.06. The normalized spacial score (nSPS) is 20.1. The second-order valence-electron chi connectivity index (χ2n) is 8.52. The Labute approximate surface area is 182 Å². The highest BCUT2D eigenvalue weighted by molar-refractivity contribution is 7.91. The highest BCUT2D eigenvalue weighted by Gasteiger charge is 2.33. The van der Waals surface area contributed by atoms with Gasteiger partial charge in [-0.15, -0.1) is 0 Å². The van der Waals surface area contributed by atoms with Crippen LogP contribution in [0.5, 0.6) is 0 Å². The fourth-order valence-electron chi connectivity index (χ4n) is 4.36. The van der Waals surface area contributed by atoms with E-state index >= 15 is 0 Å². The van der Waals surface area contributed by atoms with Crippen molar-refractivity contribution >= 4 is 26.8 Å². The molecule has 4 rings (SSSR count). The number of amides is 1. The van der Waals surface area contributed by atoms with E-state index in [9.17, 15) is 13.2 Å². The Morgan fingerprint density at radius 2 is 2.06 bits per heavy atom. The molecule has 2 N–H and O–H groups in total. The van der Waals surface area contributed by atoms with Gasteiger partial charge in [0.05, 0.1) is 45.9 Å². The van der Waals surface area contributed by atoms with Crippen molar-refractivity contribution < 1.29 is 13.2 Å². The van der Waals surface area contributed by atoms with E-state index in [1.165, 1.54) is 0 Å². The van der Waals surface area contributed by atoms with Crippen LogP contribution in [0.4, 0.5) is 0 Å². The number of aryl methyl sites for hydroxylation is 1. The summed E-state index contributed by atoms with van der Waals surface area (Å²) in [6.07, 6.45) is 1.40. The van der Waals surface area contributed by atoms with Crippen molar-refractivity contribution in [1.29, 1.82) is 0 Å². The number of rotatable bonds is 6. The highest BCUT2D eigenvalue weighted by Crippen LogP contribution is 2.29. The highest BCUT2D eigenvalue weighted by atomic mass is 32.2. The molecule has 2 aromatic heterocycles. The van der Waals surface area contributed by atoms with Crippen LogP contribution in [-0.4, -0.2) is 45.6 Å². The van der Waals surface area contributed by atoms with E-state index in [-0.39, 0.29) is 35.4 Å². The van der Waals surface area contributed by atoms with E-state index in [0.717, 1.165) is 23.3 Å². The number of hydrogen-bond donors (Lipinski definition) is 2. The predicted octanol–water partition coefficient (Wildman–Crippen LogP) is 3.25. The van der Waals surface area contributed by atoms with Gasteiger partial charge in [-0.25, -0.2) is 13.4 Å². The second kappa shape index (κ2) is 8.11. The third-order valence-corrected chi connectivity index (χ3v) is 8.06. The van der Waals surface area contributed by atoms with Crippen LogP contribution in [-0.2, 0) is 9.84 Å². The number of para-hydroxylation sites is 2. The Kier molecular flexibility index (Phi) is 5.63. The summed E-state index contributed by atoms with van der Waals surface area (Å²) in [5.41, 5.74) is 3.61. The summed E-state index contributed by atoms with van der Waals surface area (Å²) in [5, 5.41) is 7.69. The molecule has 1 aliphatic heterocycles. The van der Waals surface area contributed by atoms with Gasteiger partial charge < -0.3 is 10.3 Å². The Morgan fingerprint density at radius 1 is 1.32 bits per heavy atom. The Morgan fingerprint density at radius 3 is 2.71 bits per heavy atom. The third kappa shape index (κ3) is 4.11. The average molecular weight is 444 g/mol. The molecule has 0 saturated carbocycles. The summed E-state index contributed by atoms with van der Waals surface area (Å²) in [7, 11) is -3.04. The maximum atomic E-state index is 13.3. The van der Waals surface area contributed by atoms with Gasteiger partial charge in [0, 0.05) is 5.69 Å². The van der Waals surface area contributed by atoms with Crippen LogP contribution in [0.2, 0.25) is 0 Å². The monoisotopic (exact) mass is 443 g/mol. The van der Waals surface area contributed by atoms with E-state index in [4.69, 9.17) is 4.98 Å². The fraction of sp³-hybridized carbons (Fsp3) is 0.500. The maximum Gasteiger partial charge on any atom is 0.255 e. The molecule has 1 saturated heterocycles. The van der Waals surface area contributed by atoms with Gasteiger partial charge in [-0.2, -0.15) is 5.10 Å². The molecule has 1 aliphatic rings.